The molecule has 0 heterocycles. The molecule has 0 aromatic heterocycles. The normalized spacial score (nSPS) is 12.3. The van der Waals surface area contributed by atoms with Gasteiger partial charge < -0.3 is 5.73 Å². The molecule has 152 valence electrons. The molecule has 0 aliphatic carbocycles. The van der Waals surface area contributed by atoms with Crippen LogP contribution >= 0.6 is 0 Å². The molecule has 0 bridgehead atoms. The number of hydrogen-bond donors (Lipinski definition) is 2. The second-order valence-electron chi connectivity index (χ2n) is 5.20. The minimum Gasteiger partial charge on any atom is -0.350 e. The molecule has 0 fully saturated rings. The molecule has 1 atom stereocenters. The second kappa shape index (κ2) is 12.4. The largest absolute Gasteiger partial charge is 0.471 e. The maximum atomic E-state index is 11.8. The fourth-order valence-corrected chi connectivity index (χ4v) is 2.01. The summed E-state index contributed by atoms with van der Waals surface area (Å²) in [6.07, 6.45) is 2.93. The Kier molecular flexibility index (Phi) is 11.5. The zero-order chi connectivity index (χ0) is 20.2. The van der Waals surface area contributed by atoms with Crippen molar-refractivity contribution in [2.24, 2.45) is 5.73 Å². The summed E-state index contributed by atoms with van der Waals surface area (Å²) in [5.41, 5.74) is 4.85. The van der Waals surface area contributed by atoms with Crippen LogP contribution in [0.4, 0.5) is 4.79 Å². The molecule has 1 unspecified atom stereocenters. The molecule has 0 rings (SSSR count). The predicted molar refractivity (Wildman–Crippen MR) is 83.9 cm³/mol. The fourth-order valence-electron chi connectivity index (χ4n) is 1.67. The number of carbonyl (C=O) groups is 3. The predicted octanol–water partition coefficient (Wildman–Crippen LogP) is 1.09. The molecule has 0 radical (unpaired) electrons. The Balaban J connectivity index is 4.54. The van der Waals surface area contributed by atoms with Crippen molar-refractivity contribution >= 4 is 28.4 Å². The molecule has 0 saturated heterocycles. The summed E-state index contributed by atoms with van der Waals surface area (Å²) in [7, 11) is -5.00. The number of urea groups is 1. The summed E-state index contributed by atoms with van der Waals surface area (Å²) in [4.78, 5) is 42.0. The van der Waals surface area contributed by atoms with Crippen LogP contribution in [0.3, 0.4) is 0 Å². The van der Waals surface area contributed by atoms with Crippen LogP contribution in [0.2, 0.25) is 0 Å². The summed E-state index contributed by atoms with van der Waals surface area (Å²) in [6, 6.07) is -2.93. The monoisotopic (exact) mass is 400 g/mol. The number of unbranched alkanes of at least 4 members (excludes halogenated alkanes) is 3. The van der Waals surface area contributed by atoms with E-state index in [1.807, 2.05) is 6.92 Å². The van der Waals surface area contributed by atoms with Gasteiger partial charge in [-0.05, 0) is 21.5 Å². The van der Waals surface area contributed by atoms with E-state index in [2.05, 4.69) is 18.4 Å². The van der Waals surface area contributed by atoms with Gasteiger partial charge >= 0.3 is 28.4 Å². The first-order valence-electron chi connectivity index (χ1n) is 7.96. The van der Waals surface area contributed by atoms with Crippen molar-refractivity contribution in [1.29, 1.82) is 0 Å². The van der Waals surface area contributed by atoms with E-state index < -0.39 is 34.4 Å². The Labute approximate surface area is 151 Å². The van der Waals surface area contributed by atoms with E-state index in [1.165, 1.54) is 0 Å². The zero-order valence-electron chi connectivity index (χ0n) is 14.6. The van der Waals surface area contributed by atoms with Crippen LogP contribution in [0, 0.1) is 0 Å². The van der Waals surface area contributed by atoms with Crippen LogP contribution in [0.5, 0.6) is 0 Å². The molecule has 0 spiro atoms. The lowest BCUT2D eigenvalue weighted by Gasteiger charge is -2.21. The van der Waals surface area contributed by atoms with Gasteiger partial charge in [-0.1, -0.05) is 39.5 Å². The van der Waals surface area contributed by atoms with Crippen LogP contribution in [0.25, 0.3) is 0 Å². The summed E-state index contributed by atoms with van der Waals surface area (Å²) in [6.45, 7) is 3.69. The average Bonchev–Trinajstić information content (AvgIpc) is 2.58. The number of nitrogens with zero attached hydrogens (tertiary/aromatic N) is 1. The van der Waals surface area contributed by atoms with E-state index in [4.69, 9.17) is 5.73 Å². The Morgan fingerprint density at radius 2 is 1.62 bits per heavy atom. The third-order valence-electron chi connectivity index (χ3n) is 3.02. The van der Waals surface area contributed by atoms with E-state index in [9.17, 15) is 28.0 Å². The molecule has 0 aliphatic heterocycles. The highest BCUT2D eigenvalue weighted by Gasteiger charge is 2.32. The topological polar surface area (TPSA) is 172 Å². The highest BCUT2D eigenvalue weighted by atomic mass is 32.3. The minimum atomic E-state index is -5.00. The van der Waals surface area contributed by atoms with E-state index in [1.54, 1.807) is 6.92 Å². The lowest BCUT2D eigenvalue weighted by molar-refractivity contribution is -0.251. The van der Waals surface area contributed by atoms with Crippen molar-refractivity contribution in [3.05, 3.63) is 0 Å². The van der Waals surface area contributed by atoms with Crippen molar-refractivity contribution < 1.29 is 46.5 Å². The van der Waals surface area contributed by atoms with Crippen LogP contribution in [0.15, 0.2) is 0 Å². The number of nitrogens with two attached hydrogens (primary N) is 1. The Hall–Kier alpha value is -1.96. The third kappa shape index (κ3) is 10.1. The number of hydroxylamine groups is 2. The molecule has 0 saturated carbocycles. The van der Waals surface area contributed by atoms with Crippen molar-refractivity contribution in [3.63, 3.8) is 0 Å². The average molecular weight is 400 g/mol. The quantitative estimate of drug-likeness (QED) is 0.197. The smallest absolute Gasteiger partial charge is 0.350 e. The third-order valence-corrected chi connectivity index (χ3v) is 3.49. The van der Waals surface area contributed by atoms with Gasteiger partial charge in [0, 0.05) is 6.42 Å². The van der Waals surface area contributed by atoms with E-state index in [0.717, 1.165) is 12.8 Å². The SMILES string of the molecule is CCCCCC(=O)OOS(=O)(=O)OOC(=O)C(CCCC)N(O)C(N)=O. The van der Waals surface area contributed by atoms with Crippen molar-refractivity contribution in [2.45, 2.75) is 64.8 Å². The number of carbonyl (C=O) groups excluding carboxylic acids is 3. The highest BCUT2D eigenvalue weighted by molar-refractivity contribution is 7.81. The first kappa shape index (κ1) is 24.0. The molecular formula is C13H24N2O10S. The molecule has 13 heteroatoms. The zero-order valence-corrected chi connectivity index (χ0v) is 15.4. The standard InChI is InChI=1S/C13H24N2O10S/c1-3-5-7-9-11(16)22-24-26(20,21)25-23-12(17)10(8-6-4-2)15(19)13(14)18/h10,19H,3-9H2,1-2H3,(H2,14,18). The van der Waals surface area contributed by atoms with Gasteiger partial charge in [0.15, 0.2) is 6.04 Å². The van der Waals surface area contributed by atoms with Gasteiger partial charge in [0.2, 0.25) is 0 Å². The molecule has 0 aromatic rings. The lowest BCUT2D eigenvalue weighted by Crippen LogP contribution is -2.46. The first-order valence-corrected chi connectivity index (χ1v) is 9.29. The van der Waals surface area contributed by atoms with Gasteiger partial charge in [-0.2, -0.15) is 13.5 Å². The van der Waals surface area contributed by atoms with Crippen LogP contribution in [-0.2, 0) is 38.4 Å². The van der Waals surface area contributed by atoms with Gasteiger partial charge in [0.1, 0.15) is 0 Å². The van der Waals surface area contributed by atoms with Crippen molar-refractivity contribution in [2.75, 3.05) is 0 Å². The van der Waals surface area contributed by atoms with Crippen molar-refractivity contribution in [3.8, 4) is 0 Å². The van der Waals surface area contributed by atoms with Gasteiger partial charge in [-0.3, -0.25) is 15.0 Å². The molecule has 0 aromatic carbocycles. The van der Waals surface area contributed by atoms with Gasteiger partial charge in [-0.25, -0.2) is 14.4 Å². The molecule has 26 heavy (non-hydrogen) atoms. The van der Waals surface area contributed by atoms with E-state index >= 15 is 0 Å². The van der Waals surface area contributed by atoms with E-state index in [0.29, 0.717) is 19.3 Å². The summed E-state index contributed by atoms with van der Waals surface area (Å²) >= 11 is 0. The minimum absolute atomic E-state index is 0.0640. The molecule has 3 N–H and O–H groups in total. The van der Waals surface area contributed by atoms with Crippen LogP contribution < -0.4 is 5.73 Å². The molecule has 12 nitrogen and oxygen atoms in total. The van der Waals surface area contributed by atoms with Gasteiger partial charge in [0.25, 0.3) is 0 Å². The fraction of sp³-hybridized carbons (Fsp3) is 0.769. The Morgan fingerprint density at radius 3 is 2.15 bits per heavy atom. The molecular weight excluding hydrogens is 376 g/mol. The summed E-state index contributed by atoms with van der Waals surface area (Å²) < 4.78 is 30.3. The van der Waals surface area contributed by atoms with Gasteiger partial charge in [0.05, 0.1) is 0 Å². The summed E-state index contributed by atoms with van der Waals surface area (Å²) in [5.74, 6) is -2.37. The number of amides is 2. The summed E-state index contributed by atoms with van der Waals surface area (Å²) in [5, 5.41) is 9.34. The lowest BCUT2D eigenvalue weighted by atomic mass is 10.1. The number of rotatable bonds is 13. The van der Waals surface area contributed by atoms with E-state index in [-0.39, 0.29) is 17.9 Å². The van der Waals surface area contributed by atoms with Gasteiger partial charge in [-0.15, -0.1) is 0 Å². The molecule has 0 aliphatic rings. The van der Waals surface area contributed by atoms with Crippen LogP contribution in [0.1, 0.15) is 58.8 Å². The Bertz CT molecular complexity index is 565. The molecule has 2 amide bonds. The number of primary amides is 1. The second-order valence-corrected chi connectivity index (χ2v) is 6.29. The Morgan fingerprint density at radius 1 is 1.04 bits per heavy atom. The highest BCUT2D eigenvalue weighted by Crippen LogP contribution is 2.11. The van der Waals surface area contributed by atoms with Crippen LogP contribution in [-0.4, -0.2) is 42.7 Å². The maximum Gasteiger partial charge on any atom is 0.471 e. The number of hydrogen-bond acceptors (Lipinski definition) is 10. The van der Waals surface area contributed by atoms with Crippen molar-refractivity contribution in [1.82, 2.24) is 5.06 Å². The maximum absolute atomic E-state index is 11.8. The first-order chi connectivity index (χ1) is 12.1.